The summed E-state index contributed by atoms with van der Waals surface area (Å²) in [5.41, 5.74) is 7.96. The van der Waals surface area contributed by atoms with Gasteiger partial charge in [-0.1, -0.05) is 25.3 Å². The van der Waals surface area contributed by atoms with Crippen molar-refractivity contribution >= 4 is 51.5 Å². The van der Waals surface area contributed by atoms with Gasteiger partial charge in [0.25, 0.3) is 5.91 Å². The van der Waals surface area contributed by atoms with Crippen LogP contribution in [0, 0.1) is 5.92 Å². The predicted octanol–water partition coefficient (Wildman–Crippen LogP) is 4.76. The molecule has 192 valence electrons. The van der Waals surface area contributed by atoms with E-state index in [0.29, 0.717) is 17.2 Å². The first-order valence-corrected chi connectivity index (χ1v) is 13.3. The number of benzene rings is 1. The Morgan fingerprint density at radius 2 is 1.97 bits per heavy atom. The molecule has 0 radical (unpaired) electrons. The van der Waals surface area contributed by atoms with Crippen LogP contribution in [0.15, 0.2) is 48.8 Å². The monoisotopic (exact) mass is 518 g/mol. The van der Waals surface area contributed by atoms with Gasteiger partial charge in [0.1, 0.15) is 5.82 Å². The first-order valence-electron chi connectivity index (χ1n) is 12.5. The Morgan fingerprint density at radius 3 is 2.70 bits per heavy atom. The molecule has 3 aromatic heterocycles. The lowest BCUT2D eigenvalue weighted by atomic mass is 9.88. The van der Waals surface area contributed by atoms with Crippen molar-refractivity contribution in [3.05, 3.63) is 53.7 Å². The zero-order chi connectivity index (χ0) is 25.9. The number of carbonyl (C=O) groups excluding carboxylic acids is 3. The van der Waals surface area contributed by atoms with Crippen LogP contribution in [-0.4, -0.2) is 39.5 Å². The lowest BCUT2D eigenvalue weighted by Gasteiger charge is -2.26. The minimum atomic E-state index is -0.428. The number of H-pyrrole nitrogens is 1. The number of nitrogens with one attached hydrogen (secondary N) is 2. The van der Waals surface area contributed by atoms with E-state index in [2.05, 4.69) is 15.5 Å². The first-order chi connectivity index (χ1) is 17.9. The maximum Gasteiger partial charge on any atom is 0.266 e. The average Bonchev–Trinajstić information content (AvgIpc) is 3.66. The number of carbonyl (C=O) groups is 3. The van der Waals surface area contributed by atoms with Crippen molar-refractivity contribution in [2.75, 3.05) is 17.3 Å². The molecular formula is C27H30N6O3S. The van der Waals surface area contributed by atoms with Gasteiger partial charge >= 0.3 is 0 Å². The molecule has 37 heavy (non-hydrogen) atoms. The van der Waals surface area contributed by atoms with Gasteiger partial charge in [0, 0.05) is 53.6 Å². The van der Waals surface area contributed by atoms with Gasteiger partial charge in [-0.2, -0.15) is 5.10 Å². The zero-order valence-corrected chi connectivity index (χ0v) is 21.5. The molecule has 3 amide bonds. The third-order valence-electron chi connectivity index (χ3n) is 7.00. The van der Waals surface area contributed by atoms with Gasteiger partial charge in [-0.15, -0.1) is 11.3 Å². The van der Waals surface area contributed by atoms with Crippen LogP contribution in [0.5, 0.6) is 0 Å². The van der Waals surface area contributed by atoms with E-state index in [-0.39, 0.29) is 24.2 Å². The molecule has 9 nitrogen and oxygen atoms in total. The van der Waals surface area contributed by atoms with E-state index in [4.69, 9.17) is 5.73 Å². The number of amides is 3. The molecule has 0 atom stereocenters. The van der Waals surface area contributed by atoms with Crippen molar-refractivity contribution in [1.82, 2.24) is 14.8 Å². The van der Waals surface area contributed by atoms with Gasteiger partial charge in [0.15, 0.2) is 0 Å². The van der Waals surface area contributed by atoms with Gasteiger partial charge in [-0.25, -0.2) is 0 Å². The second-order valence-electron chi connectivity index (χ2n) is 9.48. The molecule has 1 aliphatic carbocycles. The molecular weight excluding hydrogens is 488 g/mol. The van der Waals surface area contributed by atoms with Gasteiger partial charge in [0.2, 0.25) is 11.8 Å². The van der Waals surface area contributed by atoms with Crippen molar-refractivity contribution < 1.29 is 14.4 Å². The fourth-order valence-electron chi connectivity index (χ4n) is 4.95. The molecule has 0 bridgehead atoms. The molecule has 1 fully saturated rings. The van der Waals surface area contributed by atoms with Crippen molar-refractivity contribution in [2.24, 2.45) is 11.7 Å². The Balaban J connectivity index is 1.43. The minimum Gasteiger partial charge on any atom is -0.370 e. The van der Waals surface area contributed by atoms with E-state index >= 15 is 0 Å². The third-order valence-corrected chi connectivity index (χ3v) is 8.13. The van der Waals surface area contributed by atoms with E-state index in [1.165, 1.54) is 17.8 Å². The van der Waals surface area contributed by atoms with Crippen molar-refractivity contribution in [3.63, 3.8) is 0 Å². The van der Waals surface area contributed by atoms with E-state index < -0.39 is 5.91 Å². The summed E-state index contributed by atoms with van der Waals surface area (Å²) in [4.78, 5) is 41.1. The molecule has 4 N–H and O–H groups in total. The minimum absolute atomic E-state index is 0.0590. The van der Waals surface area contributed by atoms with Crippen LogP contribution in [0.25, 0.3) is 21.3 Å². The van der Waals surface area contributed by atoms with E-state index in [9.17, 15) is 14.4 Å². The predicted molar refractivity (Wildman–Crippen MR) is 146 cm³/mol. The van der Waals surface area contributed by atoms with E-state index in [0.717, 1.165) is 52.7 Å². The van der Waals surface area contributed by atoms with Gasteiger partial charge < -0.3 is 20.5 Å². The lowest BCUT2D eigenvalue weighted by molar-refractivity contribution is -0.123. The SMILES string of the molecule is CN(C(=O)C1CCCCC1)c1ccc2cc(NC(=O)c3ccc(-c4cn[nH]c4)s3)n(CCC(N)=O)c2c1. The number of aromatic nitrogens is 3. The Hall–Kier alpha value is -3.92. The lowest BCUT2D eigenvalue weighted by Crippen LogP contribution is -2.33. The van der Waals surface area contributed by atoms with Crippen molar-refractivity contribution in [2.45, 2.75) is 45.1 Å². The Bertz CT molecular complexity index is 1430. The standard InChI is InChI=1S/C27H30N6O3S/c1-32(27(36)17-5-3-2-4-6-17)20-8-7-18-13-25(33(21(18)14-20)12-11-24(28)34)31-26(35)23-10-9-22(37-23)19-15-29-30-16-19/h7-10,13-17H,2-6,11-12H2,1H3,(H2,28,34)(H,29,30)(H,31,35). The van der Waals surface area contributed by atoms with Crippen LogP contribution in [0.2, 0.25) is 0 Å². The highest BCUT2D eigenvalue weighted by Crippen LogP contribution is 2.32. The van der Waals surface area contributed by atoms with Crippen molar-refractivity contribution in [1.29, 1.82) is 0 Å². The van der Waals surface area contributed by atoms with Gasteiger partial charge in [-0.3, -0.25) is 19.5 Å². The zero-order valence-electron chi connectivity index (χ0n) is 20.7. The molecule has 0 unspecified atom stereocenters. The fraction of sp³-hybridized carbons (Fsp3) is 0.333. The summed E-state index contributed by atoms with van der Waals surface area (Å²) in [7, 11) is 1.81. The molecule has 1 aliphatic rings. The Labute approximate surface area is 218 Å². The number of fused-ring (bicyclic) bond motifs is 1. The summed E-state index contributed by atoms with van der Waals surface area (Å²) < 4.78 is 1.88. The van der Waals surface area contributed by atoms with E-state index in [1.807, 2.05) is 41.9 Å². The number of hydrogen-bond donors (Lipinski definition) is 3. The largest absolute Gasteiger partial charge is 0.370 e. The normalized spacial score (nSPS) is 14.1. The van der Waals surface area contributed by atoms with Crippen molar-refractivity contribution in [3.8, 4) is 10.4 Å². The molecule has 3 heterocycles. The van der Waals surface area contributed by atoms with Crippen LogP contribution < -0.4 is 16.0 Å². The summed E-state index contributed by atoms with van der Waals surface area (Å²) >= 11 is 1.37. The number of anilines is 2. The van der Waals surface area contributed by atoms with Crippen LogP contribution in [0.1, 0.15) is 48.2 Å². The number of hydrogen-bond acceptors (Lipinski definition) is 5. The average molecular weight is 519 g/mol. The molecule has 0 aliphatic heterocycles. The molecule has 0 saturated heterocycles. The fourth-order valence-corrected chi connectivity index (χ4v) is 5.83. The highest BCUT2D eigenvalue weighted by Gasteiger charge is 2.25. The molecule has 1 aromatic carbocycles. The maximum atomic E-state index is 13.1. The van der Waals surface area contributed by atoms with Crippen LogP contribution in [-0.2, 0) is 16.1 Å². The highest BCUT2D eigenvalue weighted by molar-refractivity contribution is 7.17. The molecule has 4 aromatic rings. The summed E-state index contributed by atoms with van der Waals surface area (Å²) in [6, 6.07) is 11.3. The number of nitrogens with zero attached hydrogens (tertiary/aromatic N) is 3. The van der Waals surface area contributed by atoms with Crippen LogP contribution >= 0.6 is 11.3 Å². The van der Waals surface area contributed by atoms with E-state index in [1.54, 1.807) is 23.4 Å². The molecule has 0 spiro atoms. The first kappa shape index (κ1) is 24.8. The number of primary amides is 1. The Morgan fingerprint density at radius 1 is 1.16 bits per heavy atom. The highest BCUT2D eigenvalue weighted by atomic mass is 32.1. The summed E-state index contributed by atoms with van der Waals surface area (Å²) in [5, 5.41) is 10.6. The smallest absolute Gasteiger partial charge is 0.266 e. The summed E-state index contributed by atoms with van der Waals surface area (Å²) in [6.07, 6.45) is 8.86. The summed E-state index contributed by atoms with van der Waals surface area (Å²) in [5.74, 6) is 0.0890. The molecule has 1 saturated carbocycles. The van der Waals surface area contributed by atoms with Gasteiger partial charge in [-0.05, 0) is 43.2 Å². The number of thiophene rings is 1. The second-order valence-corrected chi connectivity index (χ2v) is 10.6. The van der Waals surface area contributed by atoms with Gasteiger partial charge in [0.05, 0.1) is 16.6 Å². The third kappa shape index (κ3) is 5.29. The Kier molecular flexibility index (Phi) is 7.09. The van der Waals surface area contributed by atoms with Crippen LogP contribution in [0.3, 0.4) is 0 Å². The number of rotatable bonds is 8. The topological polar surface area (TPSA) is 126 Å². The van der Waals surface area contributed by atoms with Crippen LogP contribution in [0.4, 0.5) is 11.5 Å². The number of aromatic amines is 1. The second kappa shape index (κ2) is 10.6. The molecule has 5 rings (SSSR count). The number of aryl methyl sites for hydroxylation is 1. The maximum absolute atomic E-state index is 13.1. The summed E-state index contributed by atoms with van der Waals surface area (Å²) in [6.45, 7) is 0.308. The quantitative estimate of drug-likeness (QED) is 0.311. The molecule has 10 heteroatoms. The number of nitrogens with two attached hydrogens (primary N) is 1.